The molecule has 0 saturated carbocycles. The zero-order chi connectivity index (χ0) is 20.4. The van der Waals surface area contributed by atoms with Crippen LogP contribution in [0.2, 0.25) is 0 Å². The zero-order valence-electron chi connectivity index (χ0n) is 17.4. The summed E-state index contributed by atoms with van der Waals surface area (Å²) < 4.78 is 2.25. The highest BCUT2D eigenvalue weighted by molar-refractivity contribution is 5.75. The molecule has 1 N–H and O–H groups in total. The average Bonchev–Trinajstić information content (AvgIpc) is 3.20. The van der Waals surface area contributed by atoms with Gasteiger partial charge in [-0.05, 0) is 34.2 Å². The van der Waals surface area contributed by atoms with Gasteiger partial charge in [-0.3, -0.25) is 0 Å². The van der Waals surface area contributed by atoms with E-state index in [0.29, 0.717) is 13.1 Å². The smallest absolute Gasteiger partial charge is 0.318 e. The van der Waals surface area contributed by atoms with Gasteiger partial charge >= 0.3 is 6.03 Å². The molecule has 150 valence electrons. The van der Waals surface area contributed by atoms with Crippen molar-refractivity contribution in [3.05, 3.63) is 95.3 Å². The van der Waals surface area contributed by atoms with E-state index in [2.05, 4.69) is 73.3 Å². The summed E-state index contributed by atoms with van der Waals surface area (Å²) in [4.78, 5) is 15.1. The fourth-order valence-corrected chi connectivity index (χ4v) is 3.99. The molecule has 4 heteroatoms. The number of urea groups is 1. The van der Waals surface area contributed by atoms with Crippen molar-refractivity contribution in [2.75, 3.05) is 6.54 Å². The van der Waals surface area contributed by atoms with E-state index in [9.17, 15) is 4.79 Å². The van der Waals surface area contributed by atoms with Crippen molar-refractivity contribution in [2.45, 2.75) is 45.3 Å². The van der Waals surface area contributed by atoms with E-state index >= 15 is 0 Å². The largest absolute Gasteiger partial charge is 0.348 e. The van der Waals surface area contributed by atoms with Gasteiger partial charge in [0.05, 0.1) is 6.04 Å². The first kappa shape index (κ1) is 19.3. The predicted molar refractivity (Wildman–Crippen MR) is 117 cm³/mol. The number of amides is 2. The van der Waals surface area contributed by atoms with E-state index in [-0.39, 0.29) is 17.5 Å². The molecule has 1 atom stereocenters. The molecule has 2 aromatic carbocycles. The summed E-state index contributed by atoms with van der Waals surface area (Å²) in [7, 11) is 0. The first-order valence-corrected chi connectivity index (χ1v) is 10.3. The van der Waals surface area contributed by atoms with Gasteiger partial charge in [-0.2, -0.15) is 0 Å². The van der Waals surface area contributed by atoms with Crippen LogP contribution in [0.5, 0.6) is 0 Å². The van der Waals surface area contributed by atoms with Crippen molar-refractivity contribution < 1.29 is 4.79 Å². The molecule has 2 amide bonds. The summed E-state index contributed by atoms with van der Waals surface area (Å²) in [6.07, 6.45) is 2.10. The van der Waals surface area contributed by atoms with E-state index in [1.165, 1.54) is 5.56 Å². The molecule has 4 rings (SSSR count). The zero-order valence-corrected chi connectivity index (χ0v) is 17.4. The molecule has 1 aliphatic rings. The van der Waals surface area contributed by atoms with E-state index in [1.54, 1.807) is 0 Å². The number of hydrogen-bond acceptors (Lipinski definition) is 1. The van der Waals surface area contributed by atoms with Crippen LogP contribution in [0.25, 0.3) is 0 Å². The maximum Gasteiger partial charge on any atom is 0.318 e. The minimum absolute atomic E-state index is 0.0220. The molecule has 0 radical (unpaired) electrons. The number of rotatable bonds is 3. The van der Waals surface area contributed by atoms with Gasteiger partial charge in [0.2, 0.25) is 0 Å². The number of aromatic nitrogens is 1. The molecule has 1 aromatic heterocycles. The predicted octanol–water partition coefficient (Wildman–Crippen LogP) is 5.10. The van der Waals surface area contributed by atoms with Crippen LogP contribution in [0.15, 0.2) is 72.9 Å². The summed E-state index contributed by atoms with van der Waals surface area (Å²) in [5, 5.41) is 3.10. The molecule has 0 unspecified atom stereocenters. The standard InChI is InChI=1S/C25H29N3O/c1-25(2,3)21-13-11-20(12-14-21)23-22-10-7-15-27(22)16-17-28(23)24(29)26-18-19-8-5-4-6-9-19/h4-15,23H,16-18H2,1-3H3,(H,26,29)/t23-/m1/s1. The molecular formula is C25H29N3O. The highest BCUT2D eigenvalue weighted by Gasteiger charge is 2.32. The van der Waals surface area contributed by atoms with Gasteiger partial charge in [-0.1, -0.05) is 75.4 Å². The SMILES string of the molecule is CC(C)(C)c1ccc([C@@H]2c3cccn3CCN2C(=O)NCc2ccccc2)cc1. The van der Waals surface area contributed by atoms with Gasteiger partial charge in [0, 0.05) is 31.5 Å². The first-order chi connectivity index (χ1) is 13.9. The Labute approximate surface area is 173 Å². The lowest BCUT2D eigenvalue weighted by Crippen LogP contribution is -2.47. The van der Waals surface area contributed by atoms with E-state index in [4.69, 9.17) is 0 Å². The van der Waals surface area contributed by atoms with Gasteiger partial charge in [0.15, 0.2) is 0 Å². The second kappa shape index (κ2) is 7.78. The van der Waals surface area contributed by atoms with Crippen molar-refractivity contribution >= 4 is 6.03 Å². The number of carbonyl (C=O) groups is 1. The molecule has 0 spiro atoms. The molecule has 4 nitrogen and oxygen atoms in total. The Morgan fingerprint density at radius 3 is 2.38 bits per heavy atom. The average molecular weight is 388 g/mol. The van der Waals surface area contributed by atoms with Crippen molar-refractivity contribution in [3.63, 3.8) is 0 Å². The van der Waals surface area contributed by atoms with Crippen LogP contribution in [0.4, 0.5) is 4.79 Å². The summed E-state index contributed by atoms with van der Waals surface area (Å²) in [6, 6.07) is 22.9. The third-order valence-corrected chi connectivity index (χ3v) is 5.68. The fraction of sp³-hybridized carbons (Fsp3) is 0.320. The normalized spacial score (nSPS) is 16.4. The van der Waals surface area contributed by atoms with E-state index in [1.807, 2.05) is 35.2 Å². The van der Waals surface area contributed by atoms with Gasteiger partial charge in [-0.25, -0.2) is 4.79 Å². The minimum Gasteiger partial charge on any atom is -0.348 e. The maximum atomic E-state index is 13.1. The lowest BCUT2D eigenvalue weighted by molar-refractivity contribution is 0.168. The van der Waals surface area contributed by atoms with E-state index < -0.39 is 0 Å². The van der Waals surface area contributed by atoms with Crippen LogP contribution >= 0.6 is 0 Å². The Morgan fingerprint density at radius 1 is 0.966 bits per heavy atom. The van der Waals surface area contributed by atoms with Gasteiger partial charge in [-0.15, -0.1) is 0 Å². The number of benzene rings is 2. The van der Waals surface area contributed by atoms with Crippen LogP contribution in [-0.2, 0) is 18.5 Å². The molecular weight excluding hydrogens is 358 g/mol. The first-order valence-electron chi connectivity index (χ1n) is 10.3. The summed E-state index contributed by atoms with van der Waals surface area (Å²) in [5.74, 6) is 0. The molecule has 0 saturated heterocycles. The Hall–Kier alpha value is -3.01. The van der Waals surface area contributed by atoms with Crippen molar-refractivity contribution in [1.82, 2.24) is 14.8 Å². The van der Waals surface area contributed by atoms with Crippen LogP contribution in [-0.4, -0.2) is 22.0 Å². The lowest BCUT2D eigenvalue weighted by Gasteiger charge is -2.37. The number of carbonyl (C=O) groups excluding carboxylic acids is 1. The van der Waals surface area contributed by atoms with Crippen LogP contribution in [0.1, 0.15) is 49.2 Å². The van der Waals surface area contributed by atoms with Gasteiger partial charge in [0.1, 0.15) is 0 Å². The Bertz CT molecular complexity index is 967. The summed E-state index contributed by atoms with van der Waals surface area (Å²) in [5.41, 5.74) is 4.82. The van der Waals surface area contributed by atoms with Crippen LogP contribution in [0, 0.1) is 0 Å². The molecule has 0 bridgehead atoms. The third-order valence-electron chi connectivity index (χ3n) is 5.68. The fourth-order valence-electron chi connectivity index (χ4n) is 3.99. The van der Waals surface area contributed by atoms with Crippen molar-refractivity contribution in [1.29, 1.82) is 0 Å². The number of fused-ring (bicyclic) bond motifs is 1. The van der Waals surface area contributed by atoms with Crippen molar-refractivity contribution in [2.24, 2.45) is 0 Å². The lowest BCUT2D eigenvalue weighted by atomic mass is 9.86. The number of hydrogen-bond donors (Lipinski definition) is 1. The highest BCUT2D eigenvalue weighted by atomic mass is 16.2. The summed E-state index contributed by atoms with van der Waals surface area (Å²) >= 11 is 0. The van der Waals surface area contributed by atoms with E-state index in [0.717, 1.165) is 23.4 Å². The van der Waals surface area contributed by atoms with Crippen LogP contribution < -0.4 is 5.32 Å². The summed E-state index contributed by atoms with van der Waals surface area (Å²) in [6.45, 7) is 8.70. The molecule has 0 fully saturated rings. The van der Waals surface area contributed by atoms with Gasteiger partial charge in [0.25, 0.3) is 0 Å². The molecule has 1 aliphatic heterocycles. The van der Waals surface area contributed by atoms with Crippen molar-refractivity contribution in [3.8, 4) is 0 Å². The highest BCUT2D eigenvalue weighted by Crippen LogP contribution is 2.33. The third kappa shape index (κ3) is 4.07. The molecule has 2 heterocycles. The van der Waals surface area contributed by atoms with Crippen LogP contribution in [0.3, 0.4) is 0 Å². The maximum absolute atomic E-state index is 13.1. The monoisotopic (exact) mass is 387 g/mol. The topological polar surface area (TPSA) is 37.3 Å². The van der Waals surface area contributed by atoms with Gasteiger partial charge < -0.3 is 14.8 Å². The molecule has 29 heavy (non-hydrogen) atoms. The molecule has 3 aromatic rings. The Kier molecular flexibility index (Phi) is 5.18. The molecule has 0 aliphatic carbocycles. The number of nitrogens with one attached hydrogen (secondary N) is 1. The minimum atomic E-state index is -0.0801. The Morgan fingerprint density at radius 2 is 1.69 bits per heavy atom. The number of nitrogens with zero attached hydrogens (tertiary/aromatic N) is 2. The quantitative estimate of drug-likeness (QED) is 0.667. The second-order valence-electron chi connectivity index (χ2n) is 8.74. The second-order valence-corrected chi connectivity index (χ2v) is 8.74. The Balaban J connectivity index is 1.60.